The van der Waals surface area contributed by atoms with E-state index in [1.54, 1.807) is 0 Å². The molecule has 4 nitrogen and oxygen atoms in total. The Hall–Kier alpha value is -1.26. The maximum atomic E-state index is 5.67. The highest BCUT2D eigenvalue weighted by Crippen LogP contribution is 2.31. The monoisotopic (exact) mass is 207 g/mol. The highest BCUT2D eigenvalue weighted by Gasteiger charge is 2.27. The smallest absolute Gasteiger partial charge is 0.234 e. The third-order valence-electron chi connectivity index (χ3n) is 2.57. The second-order valence-electron chi connectivity index (χ2n) is 3.72. The molecule has 1 aromatic rings. The van der Waals surface area contributed by atoms with Gasteiger partial charge < -0.3 is 19.5 Å². The Balaban J connectivity index is 1.66. The first kappa shape index (κ1) is 9.00. The lowest BCUT2D eigenvalue weighted by Crippen LogP contribution is -2.52. The summed E-state index contributed by atoms with van der Waals surface area (Å²) in [4.78, 5) is 0. The van der Waals surface area contributed by atoms with E-state index in [2.05, 4.69) is 5.32 Å². The molecule has 3 rings (SSSR count). The van der Waals surface area contributed by atoms with Gasteiger partial charge in [-0.3, -0.25) is 0 Å². The Labute approximate surface area is 88.1 Å². The van der Waals surface area contributed by atoms with Crippen molar-refractivity contribution in [2.24, 2.45) is 0 Å². The zero-order valence-electron chi connectivity index (χ0n) is 8.31. The lowest BCUT2D eigenvalue weighted by molar-refractivity contribution is -0.157. The van der Waals surface area contributed by atoms with E-state index in [1.807, 2.05) is 24.3 Å². The molecule has 2 aliphatic heterocycles. The van der Waals surface area contributed by atoms with Crippen LogP contribution in [0.1, 0.15) is 0 Å². The molecule has 1 atom stereocenters. The molecule has 0 aromatic heterocycles. The topological polar surface area (TPSA) is 39.7 Å². The number of fused-ring (bicyclic) bond motifs is 1. The lowest BCUT2D eigenvalue weighted by atomic mass is 10.2. The first-order valence-corrected chi connectivity index (χ1v) is 5.16. The zero-order chi connectivity index (χ0) is 10.1. The Kier molecular flexibility index (Phi) is 2.23. The van der Waals surface area contributed by atoms with Crippen molar-refractivity contribution >= 4 is 0 Å². The van der Waals surface area contributed by atoms with Gasteiger partial charge in [0.1, 0.15) is 0 Å². The summed E-state index contributed by atoms with van der Waals surface area (Å²) < 4.78 is 16.9. The van der Waals surface area contributed by atoms with E-state index in [1.165, 1.54) is 0 Å². The van der Waals surface area contributed by atoms with E-state index in [0.717, 1.165) is 24.6 Å². The van der Waals surface area contributed by atoms with Crippen LogP contribution in [0.5, 0.6) is 11.5 Å². The summed E-state index contributed by atoms with van der Waals surface area (Å²) in [6.45, 7) is 2.27. The molecule has 0 aliphatic carbocycles. The van der Waals surface area contributed by atoms with Crippen molar-refractivity contribution in [3.63, 3.8) is 0 Å². The molecule has 0 bridgehead atoms. The molecule has 2 heterocycles. The maximum absolute atomic E-state index is 5.67. The van der Waals surface area contributed by atoms with Gasteiger partial charge in [0.05, 0.1) is 6.10 Å². The van der Waals surface area contributed by atoms with E-state index in [4.69, 9.17) is 14.2 Å². The number of hydrogen-bond donors (Lipinski definition) is 1. The van der Waals surface area contributed by atoms with Gasteiger partial charge in [-0.1, -0.05) is 12.1 Å². The molecular weight excluding hydrogens is 194 g/mol. The fourth-order valence-electron chi connectivity index (χ4n) is 1.64. The van der Waals surface area contributed by atoms with Gasteiger partial charge in [-0.2, -0.15) is 0 Å². The van der Waals surface area contributed by atoms with Gasteiger partial charge in [0.25, 0.3) is 0 Å². The minimum absolute atomic E-state index is 0.267. The van der Waals surface area contributed by atoms with Gasteiger partial charge in [0.2, 0.25) is 6.29 Å². The fourth-order valence-corrected chi connectivity index (χ4v) is 1.64. The Morgan fingerprint density at radius 2 is 2.00 bits per heavy atom. The molecule has 80 valence electrons. The number of nitrogens with one attached hydrogen (secondary N) is 1. The molecule has 4 heteroatoms. The lowest BCUT2D eigenvalue weighted by Gasteiger charge is -2.33. The molecule has 0 radical (unpaired) electrons. The largest absolute Gasteiger partial charge is 0.483 e. The molecule has 0 spiro atoms. The summed E-state index contributed by atoms with van der Waals surface area (Å²) in [6, 6.07) is 7.65. The molecule has 1 saturated heterocycles. The van der Waals surface area contributed by atoms with Crippen LogP contribution in [0.2, 0.25) is 0 Å². The molecular formula is C11H13NO3. The van der Waals surface area contributed by atoms with Crippen LogP contribution in [0.3, 0.4) is 0 Å². The molecule has 2 aliphatic rings. The van der Waals surface area contributed by atoms with Gasteiger partial charge in [0, 0.05) is 13.1 Å². The molecule has 1 aromatic carbocycles. The number of rotatable bonds is 2. The van der Waals surface area contributed by atoms with Crippen LogP contribution in [0, 0.1) is 0 Å². The predicted octanol–water partition coefficient (Wildman–Crippen LogP) is 0.772. The van der Waals surface area contributed by atoms with Gasteiger partial charge in [-0.25, -0.2) is 0 Å². The summed E-state index contributed by atoms with van der Waals surface area (Å²) >= 11 is 0. The number of benzene rings is 1. The molecule has 1 unspecified atom stereocenters. The number of para-hydroxylation sites is 2. The molecule has 15 heavy (non-hydrogen) atoms. The minimum atomic E-state index is -0.271. The maximum Gasteiger partial charge on any atom is 0.234 e. The normalized spacial score (nSPS) is 24.7. The highest BCUT2D eigenvalue weighted by molar-refractivity contribution is 5.40. The summed E-state index contributed by atoms with van der Waals surface area (Å²) in [5.41, 5.74) is 0. The van der Waals surface area contributed by atoms with Crippen molar-refractivity contribution in [3.8, 4) is 11.5 Å². The van der Waals surface area contributed by atoms with E-state index in [-0.39, 0.29) is 12.4 Å². The Morgan fingerprint density at radius 3 is 2.73 bits per heavy atom. The minimum Gasteiger partial charge on any atom is -0.483 e. The summed E-state index contributed by atoms with van der Waals surface area (Å²) in [5.74, 6) is 1.56. The van der Waals surface area contributed by atoms with Crippen molar-refractivity contribution in [2.45, 2.75) is 12.4 Å². The number of ether oxygens (including phenoxy) is 3. The van der Waals surface area contributed by atoms with E-state index in [9.17, 15) is 0 Å². The first-order chi connectivity index (χ1) is 7.42. The standard InChI is InChI=1S/C11H13NO3/c1-2-4-10-9(3-1)13-7-11(15-10)14-8-5-12-6-8/h1-4,8,11-12H,5-7H2. The summed E-state index contributed by atoms with van der Waals surface area (Å²) in [7, 11) is 0. The summed E-state index contributed by atoms with van der Waals surface area (Å²) in [6.07, 6.45) is -0.00383. The first-order valence-electron chi connectivity index (χ1n) is 5.16. The van der Waals surface area contributed by atoms with Crippen molar-refractivity contribution in [1.29, 1.82) is 0 Å². The quantitative estimate of drug-likeness (QED) is 0.777. The third-order valence-corrected chi connectivity index (χ3v) is 2.57. The Bertz CT molecular complexity index is 351. The second kappa shape index (κ2) is 3.72. The van der Waals surface area contributed by atoms with Crippen LogP contribution in [-0.4, -0.2) is 32.1 Å². The van der Waals surface area contributed by atoms with Crippen LogP contribution in [0.25, 0.3) is 0 Å². The molecule has 1 fully saturated rings. The summed E-state index contributed by atoms with van der Waals surface area (Å²) in [5, 5.41) is 3.15. The predicted molar refractivity (Wildman–Crippen MR) is 54.1 cm³/mol. The molecule has 1 N–H and O–H groups in total. The van der Waals surface area contributed by atoms with Crippen molar-refractivity contribution in [1.82, 2.24) is 5.32 Å². The highest BCUT2D eigenvalue weighted by atomic mass is 16.7. The van der Waals surface area contributed by atoms with Gasteiger partial charge in [0.15, 0.2) is 18.1 Å². The van der Waals surface area contributed by atoms with Crippen LogP contribution in [-0.2, 0) is 4.74 Å². The second-order valence-corrected chi connectivity index (χ2v) is 3.72. The van der Waals surface area contributed by atoms with Crippen molar-refractivity contribution < 1.29 is 14.2 Å². The van der Waals surface area contributed by atoms with Crippen LogP contribution in [0.15, 0.2) is 24.3 Å². The van der Waals surface area contributed by atoms with E-state index >= 15 is 0 Å². The average Bonchev–Trinajstić information content (AvgIpc) is 2.23. The van der Waals surface area contributed by atoms with Crippen molar-refractivity contribution in [2.75, 3.05) is 19.7 Å². The van der Waals surface area contributed by atoms with Crippen LogP contribution >= 0.6 is 0 Å². The fraction of sp³-hybridized carbons (Fsp3) is 0.455. The van der Waals surface area contributed by atoms with E-state index in [0.29, 0.717) is 6.61 Å². The zero-order valence-corrected chi connectivity index (χ0v) is 8.31. The third kappa shape index (κ3) is 1.78. The van der Waals surface area contributed by atoms with E-state index < -0.39 is 0 Å². The molecule has 0 amide bonds. The Morgan fingerprint density at radius 1 is 1.20 bits per heavy atom. The SMILES string of the molecule is c1ccc2c(c1)OCC(OC1CNC1)O2. The van der Waals surface area contributed by atoms with Gasteiger partial charge in [-0.15, -0.1) is 0 Å². The van der Waals surface area contributed by atoms with Crippen molar-refractivity contribution in [3.05, 3.63) is 24.3 Å². The van der Waals surface area contributed by atoms with Crippen LogP contribution < -0.4 is 14.8 Å². The van der Waals surface area contributed by atoms with Gasteiger partial charge in [-0.05, 0) is 12.1 Å². The molecule has 0 saturated carbocycles. The average molecular weight is 207 g/mol. The number of hydrogen-bond acceptors (Lipinski definition) is 4. The van der Waals surface area contributed by atoms with Crippen LogP contribution in [0.4, 0.5) is 0 Å². The van der Waals surface area contributed by atoms with Gasteiger partial charge >= 0.3 is 0 Å².